The summed E-state index contributed by atoms with van der Waals surface area (Å²) in [6, 6.07) is 23.0. The highest BCUT2D eigenvalue weighted by Gasteiger charge is 2.20. The van der Waals surface area contributed by atoms with E-state index in [-0.39, 0.29) is 5.75 Å². The van der Waals surface area contributed by atoms with E-state index in [2.05, 4.69) is 0 Å². The second-order valence-corrected chi connectivity index (χ2v) is 6.66. The summed E-state index contributed by atoms with van der Waals surface area (Å²) in [6.07, 6.45) is -0.590. The summed E-state index contributed by atoms with van der Waals surface area (Å²) in [5.74, 6) is 0.718. The predicted octanol–water partition coefficient (Wildman–Crippen LogP) is 5.62. The van der Waals surface area contributed by atoms with Gasteiger partial charge in [0.25, 0.3) is 0 Å². The van der Waals surface area contributed by atoms with Gasteiger partial charge in [0.2, 0.25) is 5.75 Å². The highest BCUT2D eigenvalue weighted by atomic mass is 16.7. The van der Waals surface area contributed by atoms with E-state index in [1.807, 2.05) is 74.5 Å². The first kappa shape index (κ1) is 21.7. The van der Waals surface area contributed by atoms with Crippen molar-refractivity contribution in [2.24, 2.45) is 0 Å². The van der Waals surface area contributed by atoms with Crippen LogP contribution in [0.2, 0.25) is 0 Å². The van der Waals surface area contributed by atoms with Crippen LogP contribution in [0.3, 0.4) is 0 Å². The predicted molar refractivity (Wildman–Crippen MR) is 116 cm³/mol. The number of phenols is 1. The SMILES string of the molecule is CCOC(OCC)c1cc(O)c(OCc2ccccc2)c(OCc2ccccc2)c1. The van der Waals surface area contributed by atoms with E-state index in [4.69, 9.17) is 18.9 Å². The molecular weight excluding hydrogens is 380 g/mol. The molecule has 0 aliphatic rings. The van der Waals surface area contributed by atoms with E-state index in [1.165, 1.54) is 0 Å². The highest BCUT2D eigenvalue weighted by molar-refractivity contribution is 5.53. The summed E-state index contributed by atoms with van der Waals surface area (Å²) >= 11 is 0. The van der Waals surface area contributed by atoms with Crippen molar-refractivity contribution in [1.82, 2.24) is 0 Å². The molecule has 30 heavy (non-hydrogen) atoms. The molecule has 0 bridgehead atoms. The fourth-order valence-corrected chi connectivity index (χ4v) is 3.00. The van der Waals surface area contributed by atoms with Gasteiger partial charge in [0.05, 0.1) is 0 Å². The van der Waals surface area contributed by atoms with Gasteiger partial charge in [0, 0.05) is 18.8 Å². The Labute approximate surface area is 177 Å². The lowest BCUT2D eigenvalue weighted by Crippen LogP contribution is -2.10. The smallest absolute Gasteiger partial charge is 0.203 e. The lowest BCUT2D eigenvalue weighted by atomic mass is 10.1. The number of hydrogen-bond donors (Lipinski definition) is 1. The Morgan fingerprint density at radius 3 is 1.80 bits per heavy atom. The van der Waals surface area contributed by atoms with Crippen LogP contribution in [0.5, 0.6) is 17.2 Å². The van der Waals surface area contributed by atoms with E-state index in [0.29, 0.717) is 43.5 Å². The van der Waals surface area contributed by atoms with Crippen LogP contribution in [0.15, 0.2) is 72.8 Å². The first-order valence-electron chi connectivity index (χ1n) is 10.1. The van der Waals surface area contributed by atoms with Crippen molar-refractivity contribution in [2.45, 2.75) is 33.4 Å². The maximum Gasteiger partial charge on any atom is 0.203 e. The fourth-order valence-electron chi connectivity index (χ4n) is 3.00. The van der Waals surface area contributed by atoms with Gasteiger partial charge >= 0.3 is 0 Å². The average Bonchev–Trinajstić information content (AvgIpc) is 2.78. The molecule has 3 aromatic rings. The largest absolute Gasteiger partial charge is 0.504 e. The molecule has 0 aliphatic heterocycles. The maximum absolute atomic E-state index is 10.7. The minimum absolute atomic E-state index is 0.0177. The fraction of sp³-hybridized carbons (Fsp3) is 0.280. The summed E-state index contributed by atoms with van der Waals surface area (Å²) in [5.41, 5.74) is 2.69. The first-order chi connectivity index (χ1) is 14.7. The van der Waals surface area contributed by atoms with Crippen LogP contribution < -0.4 is 9.47 Å². The van der Waals surface area contributed by atoms with Gasteiger partial charge in [-0.05, 0) is 37.1 Å². The van der Waals surface area contributed by atoms with Crippen molar-refractivity contribution >= 4 is 0 Å². The molecular formula is C25H28O5. The lowest BCUT2D eigenvalue weighted by molar-refractivity contribution is -0.140. The molecule has 1 N–H and O–H groups in total. The van der Waals surface area contributed by atoms with Crippen molar-refractivity contribution in [3.05, 3.63) is 89.5 Å². The molecule has 0 radical (unpaired) electrons. The molecule has 0 fully saturated rings. The van der Waals surface area contributed by atoms with E-state index in [1.54, 1.807) is 12.1 Å². The van der Waals surface area contributed by atoms with Gasteiger partial charge in [0.15, 0.2) is 17.8 Å². The molecule has 5 nitrogen and oxygen atoms in total. The zero-order chi connectivity index (χ0) is 21.2. The number of benzene rings is 3. The van der Waals surface area contributed by atoms with E-state index in [9.17, 15) is 5.11 Å². The van der Waals surface area contributed by atoms with Crippen LogP contribution in [0, 0.1) is 0 Å². The van der Waals surface area contributed by atoms with Gasteiger partial charge in [-0.25, -0.2) is 0 Å². The third-order valence-electron chi connectivity index (χ3n) is 4.43. The first-order valence-corrected chi connectivity index (χ1v) is 10.1. The van der Waals surface area contributed by atoms with Gasteiger partial charge < -0.3 is 24.1 Å². The van der Waals surface area contributed by atoms with Gasteiger partial charge in [-0.15, -0.1) is 0 Å². The molecule has 0 amide bonds. The van der Waals surface area contributed by atoms with Crippen LogP contribution in [-0.4, -0.2) is 18.3 Å². The van der Waals surface area contributed by atoms with Gasteiger partial charge in [-0.3, -0.25) is 0 Å². The van der Waals surface area contributed by atoms with Crippen LogP contribution in [-0.2, 0) is 22.7 Å². The molecule has 0 aromatic heterocycles. The third-order valence-corrected chi connectivity index (χ3v) is 4.43. The minimum atomic E-state index is -0.590. The number of ether oxygens (including phenoxy) is 4. The standard InChI is InChI=1S/C25H28O5/c1-3-27-25(28-4-2)21-15-22(26)24(30-18-20-13-9-6-10-14-20)23(16-21)29-17-19-11-7-5-8-12-19/h5-16,25-26H,3-4,17-18H2,1-2H3. The van der Waals surface area contributed by atoms with Crippen molar-refractivity contribution in [3.63, 3.8) is 0 Å². The minimum Gasteiger partial charge on any atom is -0.504 e. The Kier molecular flexibility index (Phi) is 8.12. The number of aromatic hydroxyl groups is 1. The van der Waals surface area contributed by atoms with Crippen LogP contribution in [0.25, 0.3) is 0 Å². The average molecular weight is 408 g/mol. The molecule has 0 aliphatic carbocycles. The Balaban J connectivity index is 1.87. The molecule has 0 spiro atoms. The van der Waals surface area contributed by atoms with Crippen LogP contribution >= 0.6 is 0 Å². The number of hydrogen-bond acceptors (Lipinski definition) is 5. The summed E-state index contributed by atoms with van der Waals surface area (Å²) in [7, 11) is 0. The molecule has 0 unspecified atom stereocenters. The lowest BCUT2D eigenvalue weighted by Gasteiger charge is -2.21. The molecule has 0 saturated carbocycles. The topological polar surface area (TPSA) is 57.2 Å². The molecule has 0 heterocycles. The Bertz CT molecular complexity index is 890. The zero-order valence-electron chi connectivity index (χ0n) is 17.4. The summed E-state index contributed by atoms with van der Waals surface area (Å²) in [5, 5.41) is 10.7. The zero-order valence-corrected chi connectivity index (χ0v) is 17.4. The normalized spacial score (nSPS) is 10.9. The molecule has 3 aromatic carbocycles. The summed E-state index contributed by atoms with van der Waals surface area (Å²) in [4.78, 5) is 0. The van der Waals surface area contributed by atoms with Crippen LogP contribution in [0.1, 0.15) is 36.8 Å². The Hall–Kier alpha value is -3.02. The maximum atomic E-state index is 10.7. The quantitative estimate of drug-likeness (QED) is 0.417. The third kappa shape index (κ3) is 5.99. The monoisotopic (exact) mass is 408 g/mol. The van der Waals surface area contributed by atoms with E-state index < -0.39 is 6.29 Å². The molecule has 0 atom stereocenters. The van der Waals surface area contributed by atoms with Crippen molar-refractivity contribution in [3.8, 4) is 17.2 Å². The molecule has 158 valence electrons. The van der Waals surface area contributed by atoms with Crippen molar-refractivity contribution in [1.29, 1.82) is 0 Å². The van der Waals surface area contributed by atoms with Gasteiger partial charge in [-0.2, -0.15) is 0 Å². The van der Waals surface area contributed by atoms with Crippen LogP contribution in [0.4, 0.5) is 0 Å². The van der Waals surface area contributed by atoms with E-state index >= 15 is 0 Å². The second-order valence-electron chi connectivity index (χ2n) is 6.66. The Morgan fingerprint density at radius 2 is 1.27 bits per heavy atom. The highest BCUT2D eigenvalue weighted by Crippen LogP contribution is 2.41. The number of rotatable bonds is 11. The Morgan fingerprint density at radius 1 is 0.733 bits per heavy atom. The number of phenolic OH excluding ortho intramolecular Hbond substituents is 1. The van der Waals surface area contributed by atoms with E-state index in [0.717, 1.165) is 11.1 Å². The summed E-state index contributed by atoms with van der Waals surface area (Å²) < 4.78 is 23.3. The van der Waals surface area contributed by atoms with Gasteiger partial charge in [-0.1, -0.05) is 60.7 Å². The van der Waals surface area contributed by atoms with Crippen molar-refractivity contribution < 1.29 is 24.1 Å². The molecule has 3 rings (SSSR count). The molecule has 0 saturated heterocycles. The summed E-state index contributed by atoms with van der Waals surface area (Å²) in [6.45, 7) is 5.43. The molecule has 5 heteroatoms. The van der Waals surface area contributed by atoms with Crippen molar-refractivity contribution in [2.75, 3.05) is 13.2 Å². The second kappa shape index (κ2) is 11.2. The van der Waals surface area contributed by atoms with Gasteiger partial charge in [0.1, 0.15) is 13.2 Å².